The summed E-state index contributed by atoms with van der Waals surface area (Å²) in [6, 6.07) is 5.15. The highest BCUT2D eigenvalue weighted by Crippen LogP contribution is 2.21. The fourth-order valence-electron chi connectivity index (χ4n) is 1.22. The molecule has 0 aliphatic heterocycles. The highest BCUT2D eigenvalue weighted by Gasteiger charge is 2.18. The van der Waals surface area contributed by atoms with Crippen molar-refractivity contribution in [2.75, 3.05) is 13.7 Å². The van der Waals surface area contributed by atoms with E-state index in [0.717, 1.165) is 4.47 Å². The molecule has 0 spiro atoms. The molecular formula is C11H11Br2NO4. The maximum Gasteiger partial charge on any atom is 0.334 e. The second-order valence-electron chi connectivity index (χ2n) is 3.40. The fourth-order valence-corrected chi connectivity index (χ4v) is 2.01. The van der Waals surface area contributed by atoms with Crippen LogP contribution in [-0.2, 0) is 9.53 Å². The van der Waals surface area contributed by atoms with E-state index in [4.69, 9.17) is 9.84 Å². The van der Waals surface area contributed by atoms with E-state index in [9.17, 15) is 9.59 Å². The summed E-state index contributed by atoms with van der Waals surface area (Å²) in [5.41, 5.74) is 0.421. The monoisotopic (exact) mass is 379 g/mol. The van der Waals surface area contributed by atoms with Crippen molar-refractivity contribution in [3.63, 3.8) is 0 Å². The largest absolute Gasteiger partial charge is 0.479 e. The van der Waals surface area contributed by atoms with E-state index >= 15 is 0 Å². The van der Waals surface area contributed by atoms with Gasteiger partial charge in [0.2, 0.25) is 0 Å². The molecule has 0 aromatic heterocycles. The van der Waals surface area contributed by atoms with Gasteiger partial charge in [0.15, 0.2) is 6.10 Å². The van der Waals surface area contributed by atoms with E-state index in [1.165, 1.54) is 7.11 Å². The lowest BCUT2D eigenvalue weighted by atomic mass is 10.2. The molecule has 1 aromatic carbocycles. The molecule has 1 rings (SSSR count). The van der Waals surface area contributed by atoms with Crippen LogP contribution in [0.1, 0.15) is 10.4 Å². The Balaban J connectivity index is 2.71. The highest BCUT2D eigenvalue weighted by atomic mass is 79.9. The molecule has 1 atom stereocenters. The van der Waals surface area contributed by atoms with Crippen molar-refractivity contribution in [3.8, 4) is 0 Å². The number of carbonyl (C=O) groups excluding carboxylic acids is 1. The third kappa shape index (κ3) is 4.08. The molecule has 0 aliphatic rings. The molecule has 1 unspecified atom stereocenters. The Morgan fingerprint density at radius 3 is 2.67 bits per heavy atom. The molecule has 0 bridgehead atoms. The van der Waals surface area contributed by atoms with Gasteiger partial charge in [-0.3, -0.25) is 4.79 Å². The number of halogens is 2. The lowest BCUT2D eigenvalue weighted by molar-refractivity contribution is -0.148. The zero-order valence-electron chi connectivity index (χ0n) is 9.44. The van der Waals surface area contributed by atoms with Crippen LogP contribution in [0.25, 0.3) is 0 Å². The van der Waals surface area contributed by atoms with Crippen LogP contribution in [0.4, 0.5) is 0 Å². The van der Waals surface area contributed by atoms with Crippen LogP contribution in [0, 0.1) is 0 Å². The molecule has 0 radical (unpaired) electrons. The first-order valence-corrected chi connectivity index (χ1v) is 6.53. The number of amides is 1. The second-order valence-corrected chi connectivity index (χ2v) is 5.17. The first-order chi connectivity index (χ1) is 8.45. The Labute approximate surface area is 121 Å². The summed E-state index contributed by atoms with van der Waals surface area (Å²) >= 11 is 6.52. The number of rotatable bonds is 5. The van der Waals surface area contributed by atoms with Crippen LogP contribution in [0.3, 0.4) is 0 Å². The van der Waals surface area contributed by atoms with Gasteiger partial charge >= 0.3 is 5.97 Å². The van der Waals surface area contributed by atoms with Crippen LogP contribution >= 0.6 is 31.9 Å². The van der Waals surface area contributed by atoms with Crippen molar-refractivity contribution in [1.82, 2.24) is 5.32 Å². The molecule has 0 aliphatic carbocycles. The average Bonchev–Trinajstić information content (AvgIpc) is 2.32. The zero-order valence-corrected chi connectivity index (χ0v) is 12.6. The number of ether oxygens (including phenoxy) is 1. The van der Waals surface area contributed by atoms with Crippen LogP contribution in [-0.4, -0.2) is 36.7 Å². The van der Waals surface area contributed by atoms with Gasteiger partial charge in [0.05, 0.1) is 12.1 Å². The van der Waals surface area contributed by atoms with Gasteiger partial charge in [-0.25, -0.2) is 4.79 Å². The summed E-state index contributed by atoms with van der Waals surface area (Å²) in [5.74, 6) is -1.49. The van der Waals surface area contributed by atoms with Crippen molar-refractivity contribution in [2.45, 2.75) is 6.10 Å². The maximum atomic E-state index is 11.9. The smallest absolute Gasteiger partial charge is 0.334 e. The normalized spacial score (nSPS) is 11.9. The van der Waals surface area contributed by atoms with Gasteiger partial charge in [-0.05, 0) is 34.1 Å². The first kappa shape index (κ1) is 15.1. The molecule has 5 nitrogen and oxygen atoms in total. The first-order valence-electron chi connectivity index (χ1n) is 4.94. The van der Waals surface area contributed by atoms with Gasteiger partial charge in [0.25, 0.3) is 5.91 Å². The van der Waals surface area contributed by atoms with Crippen molar-refractivity contribution >= 4 is 43.7 Å². The summed E-state index contributed by atoms with van der Waals surface area (Å²) in [6.45, 7) is -0.0936. The van der Waals surface area contributed by atoms with E-state index in [1.807, 2.05) is 0 Å². The van der Waals surface area contributed by atoms with E-state index in [-0.39, 0.29) is 12.5 Å². The minimum atomic E-state index is -1.12. The number of hydrogen-bond acceptors (Lipinski definition) is 3. The van der Waals surface area contributed by atoms with E-state index < -0.39 is 12.1 Å². The molecule has 7 heteroatoms. The molecular weight excluding hydrogens is 370 g/mol. The van der Waals surface area contributed by atoms with Crippen molar-refractivity contribution in [2.24, 2.45) is 0 Å². The molecule has 2 N–H and O–H groups in total. The van der Waals surface area contributed by atoms with Crippen molar-refractivity contribution < 1.29 is 19.4 Å². The van der Waals surface area contributed by atoms with Crippen LogP contribution in [0.2, 0.25) is 0 Å². The average molecular weight is 381 g/mol. The van der Waals surface area contributed by atoms with Crippen LogP contribution in [0.5, 0.6) is 0 Å². The van der Waals surface area contributed by atoms with Gasteiger partial charge in [-0.1, -0.05) is 15.9 Å². The van der Waals surface area contributed by atoms with E-state index in [0.29, 0.717) is 10.0 Å². The summed E-state index contributed by atoms with van der Waals surface area (Å²) in [4.78, 5) is 22.6. The molecule has 18 heavy (non-hydrogen) atoms. The van der Waals surface area contributed by atoms with Gasteiger partial charge in [0, 0.05) is 16.1 Å². The third-order valence-corrected chi connectivity index (χ3v) is 3.37. The Hall–Kier alpha value is -0.920. The Kier molecular flexibility index (Phi) is 5.77. The molecule has 0 saturated carbocycles. The third-order valence-electron chi connectivity index (χ3n) is 2.18. The number of nitrogens with one attached hydrogen (secondary N) is 1. The summed E-state index contributed by atoms with van der Waals surface area (Å²) in [6.07, 6.45) is -1.06. The predicted octanol–water partition coefficient (Wildman–Crippen LogP) is 2.04. The molecule has 0 heterocycles. The maximum absolute atomic E-state index is 11.9. The number of carboxylic acid groups (broad SMARTS) is 1. The van der Waals surface area contributed by atoms with Crippen LogP contribution < -0.4 is 5.32 Å². The quantitative estimate of drug-likeness (QED) is 0.819. The molecule has 98 valence electrons. The van der Waals surface area contributed by atoms with Crippen molar-refractivity contribution in [1.29, 1.82) is 0 Å². The minimum absolute atomic E-state index is 0.0936. The number of aliphatic carboxylic acids is 1. The van der Waals surface area contributed by atoms with Crippen LogP contribution in [0.15, 0.2) is 27.1 Å². The number of benzene rings is 1. The predicted molar refractivity (Wildman–Crippen MR) is 72.6 cm³/mol. The van der Waals surface area contributed by atoms with Crippen molar-refractivity contribution in [3.05, 3.63) is 32.7 Å². The van der Waals surface area contributed by atoms with Gasteiger partial charge in [-0.15, -0.1) is 0 Å². The Morgan fingerprint density at radius 1 is 1.44 bits per heavy atom. The summed E-state index contributed by atoms with van der Waals surface area (Å²) in [5, 5.41) is 11.3. The van der Waals surface area contributed by atoms with Gasteiger partial charge in [-0.2, -0.15) is 0 Å². The Bertz CT molecular complexity index is 464. The standard InChI is InChI=1S/C11H11Br2NO4/c1-18-9(11(16)17)5-14-10(15)7-4-6(12)2-3-8(7)13/h2-4,9H,5H2,1H3,(H,14,15)(H,16,17). The second kappa shape index (κ2) is 6.86. The van der Waals surface area contributed by atoms with Gasteiger partial charge in [0.1, 0.15) is 0 Å². The van der Waals surface area contributed by atoms with E-state index in [1.54, 1.807) is 18.2 Å². The highest BCUT2D eigenvalue weighted by molar-refractivity contribution is 9.11. The zero-order chi connectivity index (χ0) is 13.7. The Morgan fingerprint density at radius 2 is 2.11 bits per heavy atom. The minimum Gasteiger partial charge on any atom is -0.479 e. The SMILES string of the molecule is COC(CNC(=O)c1cc(Br)ccc1Br)C(=O)O. The lowest BCUT2D eigenvalue weighted by Gasteiger charge is -2.12. The fraction of sp³-hybridized carbons (Fsp3) is 0.273. The topological polar surface area (TPSA) is 75.6 Å². The molecule has 0 saturated heterocycles. The number of carboxylic acids is 1. The lowest BCUT2D eigenvalue weighted by Crippen LogP contribution is -2.37. The summed E-state index contributed by atoms with van der Waals surface area (Å²) in [7, 11) is 1.28. The van der Waals surface area contributed by atoms with Gasteiger partial charge < -0.3 is 15.2 Å². The number of methoxy groups -OCH3 is 1. The number of hydrogen-bond donors (Lipinski definition) is 2. The number of carbonyl (C=O) groups is 2. The molecule has 1 aromatic rings. The van der Waals surface area contributed by atoms with E-state index in [2.05, 4.69) is 37.2 Å². The summed E-state index contributed by atoms with van der Waals surface area (Å²) < 4.78 is 6.11. The molecule has 0 fully saturated rings. The molecule has 1 amide bonds.